The molecule has 2 aromatic carbocycles. The van der Waals surface area contributed by atoms with Crippen molar-refractivity contribution in [3.8, 4) is 11.1 Å². The second-order valence-electron chi connectivity index (χ2n) is 16.8. The number of benzene rings is 2. The first-order chi connectivity index (χ1) is 24.0. The number of esters is 1. The van der Waals surface area contributed by atoms with Gasteiger partial charge in [-0.1, -0.05) is 76.2 Å². The van der Waals surface area contributed by atoms with Gasteiger partial charge in [0.2, 0.25) is 0 Å². The van der Waals surface area contributed by atoms with Crippen LogP contribution in [0.2, 0.25) is 0 Å². The molecule has 0 aromatic heterocycles. The van der Waals surface area contributed by atoms with Crippen LogP contribution in [0.3, 0.4) is 0 Å². The standard InChI is InChI=1S/C42H65N3O6/c1-29-26-41(4,5)38(51-39-36(46)35(43(8)9)24-30(2)50-39)31(3)37(47)42(6,7)40(48)49-23-15-20-45(22-21-44(10)27-29)28-32-16-14-19-34(25-32)33-17-12-11-13-18-33/h11-14,16-19,25,29-31,35-36,38-39,46H,15,20-24,26-28H2,1-10H3/t29-,30-,31+,35?,36-,38-,39+/m1/s1. The van der Waals surface area contributed by atoms with Crippen LogP contribution < -0.4 is 0 Å². The number of aliphatic hydroxyl groups excluding tert-OH is 1. The highest BCUT2D eigenvalue weighted by Gasteiger charge is 2.49. The molecule has 7 atom stereocenters. The van der Waals surface area contributed by atoms with Crippen molar-refractivity contribution in [3.05, 3.63) is 60.2 Å². The van der Waals surface area contributed by atoms with Gasteiger partial charge in [-0.25, -0.2) is 0 Å². The predicted molar refractivity (Wildman–Crippen MR) is 203 cm³/mol. The van der Waals surface area contributed by atoms with Gasteiger partial charge in [-0.05, 0) is 95.3 Å². The second-order valence-corrected chi connectivity index (χ2v) is 16.8. The summed E-state index contributed by atoms with van der Waals surface area (Å²) < 4.78 is 18.7. The third-order valence-corrected chi connectivity index (χ3v) is 10.9. The number of ether oxygens (including phenoxy) is 3. The third kappa shape index (κ3) is 10.9. The van der Waals surface area contributed by atoms with Crippen LogP contribution in [0.25, 0.3) is 11.1 Å². The molecule has 2 fully saturated rings. The molecule has 284 valence electrons. The van der Waals surface area contributed by atoms with E-state index in [1.54, 1.807) is 13.8 Å². The molecule has 2 aliphatic heterocycles. The molecule has 9 nitrogen and oxygen atoms in total. The summed E-state index contributed by atoms with van der Waals surface area (Å²) in [4.78, 5) is 34.7. The zero-order valence-electron chi connectivity index (χ0n) is 32.9. The van der Waals surface area contributed by atoms with Crippen LogP contribution in [-0.4, -0.2) is 116 Å². The molecule has 51 heavy (non-hydrogen) atoms. The summed E-state index contributed by atoms with van der Waals surface area (Å²) in [6.45, 7) is 18.1. The molecule has 0 saturated carbocycles. The molecule has 2 saturated heterocycles. The maximum Gasteiger partial charge on any atom is 0.319 e. The van der Waals surface area contributed by atoms with Crippen molar-refractivity contribution in [3.63, 3.8) is 0 Å². The highest BCUT2D eigenvalue weighted by Crippen LogP contribution is 2.40. The SMILES string of the molecule is C[C@H]1CN(C)CCN(Cc2cccc(-c3ccccc3)c2)CCCOC(=O)C(C)(C)C(=O)[C@H](C)[C@@H](O[C@@H]2O[C@H](C)CC(N(C)C)[C@H]2O)C(C)(C)C1. The molecule has 0 radical (unpaired) electrons. The highest BCUT2D eigenvalue weighted by atomic mass is 16.7. The van der Waals surface area contributed by atoms with E-state index in [1.165, 1.54) is 16.7 Å². The molecule has 2 aromatic rings. The summed E-state index contributed by atoms with van der Waals surface area (Å²) in [7, 11) is 6.07. The van der Waals surface area contributed by atoms with Crippen molar-refractivity contribution in [1.29, 1.82) is 0 Å². The van der Waals surface area contributed by atoms with Crippen molar-refractivity contribution in [1.82, 2.24) is 14.7 Å². The Bertz CT molecular complexity index is 1410. The van der Waals surface area contributed by atoms with E-state index in [0.717, 1.165) is 39.1 Å². The largest absolute Gasteiger partial charge is 0.465 e. The lowest BCUT2D eigenvalue weighted by Gasteiger charge is -2.46. The van der Waals surface area contributed by atoms with E-state index in [2.05, 4.69) is 86.1 Å². The number of hydrogen-bond donors (Lipinski definition) is 1. The molecule has 1 N–H and O–H groups in total. The Morgan fingerprint density at radius 3 is 2.31 bits per heavy atom. The van der Waals surface area contributed by atoms with Crippen LogP contribution in [0.1, 0.15) is 73.3 Å². The highest BCUT2D eigenvalue weighted by molar-refractivity contribution is 6.04. The number of aliphatic hydroxyl groups is 1. The van der Waals surface area contributed by atoms with Crippen molar-refractivity contribution >= 4 is 11.8 Å². The van der Waals surface area contributed by atoms with Gasteiger partial charge in [0.1, 0.15) is 11.5 Å². The molecule has 2 heterocycles. The maximum absolute atomic E-state index is 14.3. The lowest BCUT2D eigenvalue weighted by molar-refractivity contribution is -0.285. The number of cyclic esters (lactones) is 1. The maximum atomic E-state index is 14.3. The summed E-state index contributed by atoms with van der Waals surface area (Å²) in [5, 5.41) is 11.4. The minimum Gasteiger partial charge on any atom is -0.465 e. The summed E-state index contributed by atoms with van der Waals surface area (Å²) >= 11 is 0. The minimum absolute atomic E-state index is 0.124. The Hall–Kier alpha value is -2.66. The van der Waals surface area contributed by atoms with Crippen molar-refractivity contribution in [2.45, 2.75) is 105 Å². The van der Waals surface area contributed by atoms with Gasteiger partial charge in [0.25, 0.3) is 0 Å². The molecule has 0 amide bonds. The minimum atomic E-state index is -1.38. The number of rotatable bonds is 6. The smallest absolute Gasteiger partial charge is 0.319 e. The van der Waals surface area contributed by atoms with E-state index in [9.17, 15) is 14.7 Å². The lowest BCUT2D eigenvalue weighted by atomic mass is 9.69. The van der Waals surface area contributed by atoms with Gasteiger partial charge in [-0.2, -0.15) is 0 Å². The van der Waals surface area contributed by atoms with Crippen molar-refractivity contribution < 1.29 is 28.9 Å². The monoisotopic (exact) mass is 707 g/mol. The Balaban J connectivity index is 1.56. The number of nitrogens with zero attached hydrogens (tertiary/aromatic N) is 3. The van der Waals surface area contributed by atoms with Gasteiger partial charge in [-0.15, -0.1) is 0 Å². The number of carbonyl (C=O) groups is 2. The van der Waals surface area contributed by atoms with E-state index in [1.807, 2.05) is 38.9 Å². The quantitative estimate of drug-likeness (QED) is 0.281. The molecule has 4 rings (SSSR count). The fourth-order valence-corrected chi connectivity index (χ4v) is 8.24. The number of carbonyl (C=O) groups excluding carboxylic acids is 2. The molecule has 1 unspecified atom stereocenters. The van der Waals surface area contributed by atoms with Crippen LogP contribution >= 0.6 is 0 Å². The average molecular weight is 708 g/mol. The van der Waals surface area contributed by atoms with Crippen LogP contribution in [0.5, 0.6) is 0 Å². The van der Waals surface area contributed by atoms with E-state index < -0.39 is 41.2 Å². The van der Waals surface area contributed by atoms with Crippen molar-refractivity contribution in [2.75, 3.05) is 53.9 Å². The van der Waals surface area contributed by atoms with Gasteiger partial charge < -0.3 is 29.1 Å². The van der Waals surface area contributed by atoms with Gasteiger partial charge in [0, 0.05) is 44.7 Å². The normalized spacial score (nSPS) is 30.9. The first-order valence-corrected chi connectivity index (χ1v) is 18.9. The molecular weight excluding hydrogens is 642 g/mol. The summed E-state index contributed by atoms with van der Waals surface area (Å²) in [6.07, 6.45) is -0.417. The topological polar surface area (TPSA) is 91.8 Å². The van der Waals surface area contributed by atoms with E-state index in [4.69, 9.17) is 14.2 Å². The lowest BCUT2D eigenvalue weighted by Crippen LogP contribution is -2.57. The van der Waals surface area contributed by atoms with Gasteiger partial charge >= 0.3 is 5.97 Å². The van der Waals surface area contributed by atoms with Gasteiger partial charge in [0.15, 0.2) is 12.1 Å². The van der Waals surface area contributed by atoms with E-state index in [-0.39, 0.29) is 30.5 Å². The predicted octanol–water partition coefficient (Wildman–Crippen LogP) is 6.13. The average Bonchev–Trinajstić information content (AvgIpc) is 3.07. The third-order valence-electron chi connectivity index (χ3n) is 10.9. The first-order valence-electron chi connectivity index (χ1n) is 18.9. The first kappa shape index (κ1) is 41.1. The van der Waals surface area contributed by atoms with Crippen molar-refractivity contribution in [2.24, 2.45) is 22.7 Å². The Kier molecular flexibility index (Phi) is 14.4. The second kappa shape index (κ2) is 17.9. The number of hydrogen-bond acceptors (Lipinski definition) is 9. The fraction of sp³-hybridized carbons (Fsp3) is 0.667. The van der Waals surface area contributed by atoms with Crippen LogP contribution in [0, 0.1) is 22.7 Å². The van der Waals surface area contributed by atoms with Gasteiger partial charge in [0.05, 0.1) is 18.8 Å². The van der Waals surface area contributed by atoms with Gasteiger partial charge in [-0.3, -0.25) is 14.5 Å². The Labute approximate surface area is 307 Å². The van der Waals surface area contributed by atoms with Crippen LogP contribution in [0.4, 0.5) is 0 Å². The zero-order chi connectivity index (χ0) is 37.5. The van der Waals surface area contributed by atoms with Crippen LogP contribution in [0.15, 0.2) is 54.6 Å². The number of Topliss-reactive ketones (excluding diaryl/α,β-unsaturated/α-hetero) is 1. The number of likely N-dealkylation sites (N-methyl/N-ethyl adjacent to an activating group) is 2. The Morgan fingerprint density at radius 2 is 1.63 bits per heavy atom. The Morgan fingerprint density at radius 1 is 0.941 bits per heavy atom. The summed E-state index contributed by atoms with van der Waals surface area (Å²) in [5.74, 6) is -1.13. The summed E-state index contributed by atoms with van der Waals surface area (Å²) in [5.41, 5.74) is 1.76. The zero-order valence-corrected chi connectivity index (χ0v) is 32.9. The molecular formula is C42H65N3O6. The van der Waals surface area contributed by atoms with E-state index in [0.29, 0.717) is 12.8 Å². The molecule has 9 heteroatoms. The number of ketones is 1. The molecule has 0 spiro atoms. The molecule has 2 aliphatic rings. The fourth-order valence-electron chi connectivity index (χ4n) is 8.24. The molecule has 0 bridgehead atoms. The molecule has 0 aliphatic carbocycles. The van der Waals surface area contributed by atoms with Crippen LogP contribution in [-0.2, 0) is 30.3 Å². The summed E-state index contributed by atoms with van der Waals surface area (Å²) in [6, 6.07) is 19.0. The van der Waals surface area contributed by atoms with E-state index >= 15 is 0 Å².